The number of hydrogen-bond donors (Lipinski definition) is 0. The summed E-state index contributed by atoms with van der Waals surface area (Å²) in [7, 11) is -3.75. The van der Waals surface area contributed by atoms with Gasteiger partial charge in [-0.05, 0) is 61.4 Å². The van der Waals surface area contributed by atoms with Crippen LogP contribution in [0, 0.1) is 0 Å². The van der Waals surface area contributed by atoms with E-state index >= 15 is 0 Å². The molecule has 0 bridgehead atoms. The fourth-order valence-corrected chi connectivity index (χ4v) is 7.51. The lowest BCUT2D eigenvalue weighted by atomic mass is 10.2. The summed E-state index contributed by atoms with van der Waals surface area (Å²) in [6.45, 7) is 9.47. The van der Waals surface area contributed by atoms with Crippen molar-refractivity contribution in [2.75, 3.05) is 57.4 Å². The number of morpholine rings is 1. The second-order valence-corrected chi connectivity index (χ2v) is 13.2. The van der Waals surface area contributed by atoms with E-state index < -0.39 is 10.0 Å². The molecular weight excluding hydrogens is 620 g/mol. The molecule has 2 heterocycles. The molecule has 236 valence electrons. The van der Waals surface area contributed by atoms with Crippen LogP contribution >= 0.6 is 23.7 Å². The first-order valence-corrected chi connectivity index (χ1v) is 16.9. The van der Waals surface area contributed by atoms with Gasteiger partial charge < -0.3 is 9.47 Å². The second-order valence-electron chi connectivity index (χ2n) is 10.3. The van der Waals surface area contributed by atoms with Crippen molar-refractivity contribution in [1.82, 2.24) is 14.2 Å². The predicted octanol–water partition coefficient (Wildman–Crippen LogP) is 5.70. The smallest absolute Gasteiger partial charge is 0.260 e. The molecule has 1 aromatic heterocycles. The third-order valence-electron chi connectivity index (χ3n) is 7.39. The van der Waals surface area contributed by atoms with Gasteiger partial charge in [-0.15, -0.1) is 12.4 Å². The van der Waals surface area contributed by atoms with Gasteiger partial charge in [-0.25, -0.2) is 13.4 Å². The highest BCUT2D eigenvalue weighted by Gasteiger charge is 2.26. The normalized spacial score (nSPS) is 14.0. The number of hydrogen-bond acceptors (Lipinski definition) is 8. The number of anilines is 1. The van der Waals surface area contributed by atoms with Gasteiger partial charge in [0.25, 0.3) is 5.91 Å². The number of halogens is 1. The zero-order valence-electron chi connectivity index (χ0n) is 25.1. The highest BCUT2D eigenvalue weighted by molar-refractivity contribution is 7.89. The van der Waals surface area contributed by atoms with Crippen LogP contribution in [0.3, 0.4) is 0 Å². The van der Waals surface area contributed by atoms with Crippen LogP contribution < -0.4 is 9.64 Å². The summed E-state index contributed by atoms with van der Waals surface area (Å²) < 4.78 is 40.4. The van der Waals surface area contributed by atoms with Gasteiger partial charge >= 0.3 is 0 Å². The van der Waals surface area contributed by atoms with Crippen molar-refractivity contribution in [3.05, 3.63) is 83.9 Å². The lowest BCUT2D eigenvalue weighted by molar-refractivity contribution is 0.0376. The maximum absolute atomic E-state index is 13.9. The van der Waals surface area contributed by atoms with E-state index in [1.54, 1.807) is 17.0 Å². The SMILES string of the molecule is CCOc1ccc2nc(N(CCCN3CCOCC3)C(=O)c3ccc(S(=O)(=O)N(CC)Cc4ccccc4)cc3)sc2c1.Cl. The molecule has 0 aliphatic carbocycles. The van der Waals surface area contributed by atoms with Crippen LogP contribution in [0.4, 0.5) is 5.13 Å². The Bertz CT molecular complexity index is 1610. The Labute approximate surface area is 269 Å². The number of fused-ring (bicyclic) bond motifs is 1. The fourth-order valence-electron chi connectivity index (χ4n) is 5.05. The van der Waals surface area contributed by atoms with Crippen LogP contribution in [-0.2, 0) is 21.3 Å². The number of benzene rings is 3. The number of sulfonamides is 1. The van der Waals surface area contributed by atoms with E-state index in [9.17, 15) is 13.2 Å². The average Bonchev–Trinajstić information content (AvgIpc) is 3.46. The van der Waals surface area contributed by atoms with Gasteiger partial charge in [0.2, 0.25) is 10.0 Å². The monoisotopic (exact) mass is 658 g/mol. The number of rotatable bonds is 13. The summed E-state index contributed by atoms with van der Waals surface area (Å²) >= 11 is 1.45. The molecule has 9 nitrogen and oxygen atoms in total. The number of aromatic nitrogens is 1. The van der Waals surface area contributed by atoms with Gasteiger partial charge in [0.15, 0.2) is 5.13 Å². The number of nitrogens with zero attached hydrogens (tertiary/aromatic N) is 4. The van der Waals surface area contributed by atoms with Crippen LogP contribution in [0.25, 0.3) is 10.2 Å². The molecule has 44 heavy (non-hydrogen) atoms. The zero-order valence-corrected chi connectivity index (χ0v) is 27.5. The summed E-state index contributed by atoms with van der Waals surface area (Å²) in [5.41, 5.74) is 2.12. The number of ether oxygens (including phenoxy) is 2. The lowest BCUT2D eigenvalue weighted by Crippen LogP contribution is -2.39. The summed E-state index contributed by atoms with van der Waals surface area (Å²) in [5.74, 6) is 0.548. The molecule has 0 saturated carbocycles. The predicted molar refractivity (Wildman–Crippen MR) is 178 cm³/mol. The van der Waals surface area contributed by atoms with Crippen molar-refractivity contribution < 1.29 is 22.7 Å². The molecule has 0 radical (unpaired) electrons. The standard InChI is InChI=1S/C32H38N4O5S2.ClH/c1-3-35(24-25-9-6-5-7-10-25)43(38,39)28-14-11-26(12-15-28)31(37)36(18-8-17-34-19-21-40-22-20-34)32-33-29-16-13-27(41-4-2)23-30(29)42-32;/h5-7,9-16,23H,3-4,8,17-22,24H2,1-2H3;1H. The molecule has 4 aromatic rings. The van der Waals surface area contributed by atoms with E-state index in [2.05, 4.69) is 4.90 Å². The maximum Gasteiger partial charge on any atom is 0.260 e. The van der Waals surface area contributed by atoms with Crippen molar-refractivity contribution in [3.63, 3.8) is 0 Å². The fraction of sp³-hybridized carbons (Fsp3) is 0.375. The van der Waals surface area contributed by atoms with Gasteiger partial charge in [0.05, 0.1) is 34.9 Å². The van der Waals surface area contributed by atoms with Gasteiger partial charge in [-0.3, -0.25) is 14.6 Å². The Balaban J connectivity index is 0.00000442. The molecule has 1 aliphatic heterocycles. The Hall–Kier alpha value is -3.06. The average molecular weight is 659 g/mol. The highest BCUT2D eigenvalue weighted by atomic mass is 35.5. The second kappa shape index (κ2) is 15.8. The maximum atomic E-state index is 13.9. The first-order valence-electron chi connectivity index (χ1n) is 14.7. The quantitative estimate of drug-likeness (QED) is 0.182. The summed E-state index contributed by atoms with van der Waals surface area (Å²) in [5, 5.41) is 0.604. The molecule has 12 heteroatoms. The molecule has 5 rings (SSSR count). The molecule has 0 spiro atoms. The Morgan fingerprint density at radius 3 is 2.43 bits per heavy atom. The Morgan fingerprint density at radius 2 is 1.75 bits per heavy atom. The van der Waals surface area contributed by atoms with Crippen molar-refractivity contribution in [3.8, 4) is 5.75 Å². The molecule has 3 aromatic carbocycles. The van der Waals surface area contributed by atoms with Crippen LogP contribution in [0.2, 0.25) is 0 Å². The molecule has 1 aliphatic rings. The van der Waals surface area contributed by atoms with Crippen molar-refractivity contribution in [2.45, 2.75) is 31.7 Å². The van der Waals surface area contributed by atoms with E-state index in [0.29, 0.717) is 30.4 Å². The molecule has 1 saturated heterocycles. The first-order chi connectivity index (χ1) is 20.9. The molecule has 1 fully saturated rings. The van der Waals surface area contributed by atoms with Crippen LogP contribution in [0.15, 0.2) is 77.7 Å². The highest BCUT2D eigenvalue weighted by Crippen LogP contribution is 2.32. The van der Waals surface area contributed by atoms with E-state index in [4.69, 9.17) is 14.5 Å². The molecule has 1 amide bonds. The minimum Gasteiger partial charge on any atom is -0.494 e. The summed E-state index contributed by atoms with van der Waals surface area (Å²) in [6.07, 6.45) is 0.767. The molecule has 0 unspecified atom stereocenters. The van der Waals surface area contributed by atoms with Crippen molar-refractivity contribution >= 4 is 55.0 Å². The van der Waals surface area contributed by atoms with Crippen LogP contribution in [0.1, 0.15) is 36.2 Å². The Kier molecular flexibility index (Phi) is 12.1. The zero-order chi connectivity index (χ0) is 30.2. The Morgan fingerprint density at radius 1 is 1.02 bits per heavy atom. The van der Waals surface area contributed by atoms with Crippen molar-refractivity contribution in [1.29, 1.82) is 0 Å². The first kappa shape index (κ1) is 33.8. The van der Waals surface area contributed by atoms with E-state index in [-0.39, 0.29) is 29.8 Å². The van der Waals surface area contributed by atoms with E-state index in [1.165, 1.54) is 27.8 Å². The van der Waals surface area contributed by atoms with Gasteiger partial charge in [0.1, 0.15) is 5.75 Å². The van der Waals surface area contributed by atoms with Gasteiger partial charge in [0, 0.05) is 44.8 Å². The topological polar surface area (TPSA) is 92.3 Å². The summed E-state index contributed by atoms with van der Waals surface area (Å²) in [6, 6.07) is 21.5. The lowest BCUT2D eigenvalue weighted by Gasteiger charge is -2.27. The number of amides is 1. The number of carbonyl (C=O) groups is 1. The largest absolute Gasteiger partial charge is 0.494 e. The third-order valence-corrected chi connectivity index (χ3v) is 10.4. The third kappa shape index (κ3) is 8.15. The number of thiazole rings is 1. The van der Waals surface area contributed by atoms with Crippen LogP contribution in [-0.4, -0.2) is 81.1 Å². The minimum absolute atomic E-state index is 0. The molecule has 0 atom stereocenters. The van der Waals surface area contributed by atoms with Gasteiger partial charge in [-0.2, -0.15) is 4.31 Å². The van der Waals surface area contributed by atoms with E-state index in [0.717, 1.165) is 60.8 Å². The van der Waals surface area contributed by atoms with Gasteiger partial charge in [-0.1, -0.05) is 48.6 Å². The van der Waals surface area contributed by atoms with Crippen molar-refractivity contribution in [2.24, 2.45) is 0 Å². The minimum atomic E-state index is -3.75. The van der Waals surface area contributed by atoms with Crippen LogP contribution in [0.5, 0.6) is 5.75 Å². The van der Waals surface area contributed by atoms with E-state index in [1.807, 2.05) is 62.4 Å². The molecular formula is C32H39ClN4O5S2. The summed E-state index contributed by atoms with van der Waals surface area (Å²) in [4.78, 5) is 22.9. The molecule has 0 N–H and O–H groups in total. The number of carbonyl (C=O) groups excluding carboxylic acids is 1.